The lowest BCUT2D eigenvalue weighted by Gasteiger charge is -1.93. The number of carbonyl (C=O) groups excluding carboxylic acids is 1. The second-order valence-corrected chi connectivity index (χ2v) is 5.62. The number of allylic oxidation sites excluding steroid dienone is 2. The number of aldehydes is 1. The molecule has 0 spiro atoms. The van der Waals surface area contributed by atoms with Gasteiger partial charge < -0.3 is 4.79 Å². The molecule has 0 bridgehead atoms. The van der Waals surface area contributed by atoms with Gasteiger partial charge in [-0.25, -0.2) is 8.42 Å². The molecule has 1 aliphatic rings. The van der Waals surface area contributed by atoms with Gasteiger partial charge in [0, 0.05) is 12.0 Å². The molecular formula is C6H3Cl3O3S. The van der Waals surface area contributed by atoms with Gasteiger partial charge in [0.1, 0.15) is 10.7 Å². The van der Waals surface area contributed by atoms with Gasteiger partial charge in [0.2, 0.25) is 9.84 Å². The van der Waals surface area contributed by atoms with E-state index in [0.717, 1.165) is 0 Å². The lowest BCUT2D eigenvalue weighted by molar-refractivity contribution is -0.107. The number of sulfone groups is 1. The van der Waals surface area contributed by atoms with Crippen LogP contribution >= 0.6 is 34.8 Å². The quantitative estimate of drug-likeness (QED) is 0.715. The lowest BCUT2D eigenvalue weighted by atomic mass is 10.2. The van der Waals surface area contributed by atoms with Crippen molar-refractivity contribution in [3.63, 3.8) is 0 Å². The van der Waals surface area contributed by atoms with Crippen LogP contribution in [0.25, 0.3) is 0 Å². The molecule has 0 saturated heterocycles. The molecule has 72 valence electrons. The largest absolute Gasteiger partial charge is 0.303 e. The van der Waals surface area contributed by atoms with Crippen molar-refractivity contribution in [2.75, 3.05) is 0 Å². The molecule has 0 radical (unpaired) electrons. The van der Waals surface area contributed by atoms with Crippen LogP contribution in [-0.2, 0) is 14.6 Å². The Morgan fingerprint density at radius 2 is 1.69 bits per heavy atom. The first-order valence-corrected chi connectivity index (χ1v) is 5.67. The fourth-order valence-electron chi connectivity index (χ4n) is 0.817. The SMILES string of the molecule is O=CCC1=C(Cl)S(=O)(=O)C(Cl)=C1Cl. The van der Waals surface area contributed by atoms with E-state index in [1.165, 1.54) is 0 Å². The topological polar surface area (TPSA) is 51.2 Å². The van der Waals surface area contributed by atoms with Crippen LogP contribution < -0.4 is 0 Å². The summed E-state index contributed by atoms with van der Waals surface area (Å²) in [5, 5.41) is -0.168. The third kappa shape index (κ3) is 1.64. The average molecular weight is 262 g/mol. The van der Waals surface area contributed by atoms with Gasteiger partial charge in [0.25, 0.3) is 0 Å². The summed E-state index contributed by atoms with van der Waals surface area (Å²) in [5.41, 5.74) is 0.0586. The van der Waals surface area contributed by atoms with E-state index in [2.05, 4.69) is 0 Å². The van der Waals surface area contributed by atoms with Gasteiger partial charge in [-0.1, -0.05) is 34.8 Å². The van der Waals surface area contributed by atoms with E-state index in [1.54, 1.807) is 0 Å². The Morgan fingerprint density at radius 3 is 2.00 bits per heavy atom. The van der Waals surface area contributed by atoms with Crippen molar-refractivity contribution in [2.45, 2.75) is 6.42 Å². The van der Waals surface area contributed by atoms with E-state index in [9.17, 15) is 13.2 Å². The van der Waals surface area contributed by atoms with Crippen LogP contribution in [0.3, 0.4) is 0 Å². The molecule has 0 amide bonds. The molecule has 0 aromatic carbocycles. The van der Waals surface area contributed by atoms with Crippen molar-refractivity contribution in [3.05, 3.63) is 19.3 Å². The van der Waals surface area contributed by atoms with E-state index < -0.39 is 18.6 Å². The van der Waals surface area contributed by atoms with Crippen LogP contribution in [-0.4, -0.2) is 14.7 Å². The van der Waals surface area contributed by atoms with Gasteiger partial charge in [-0.05, 0) is 0 Å². The predicted octanol–water partition coefficient (Wildman–Crippen LogP) is 2.10. The zero-order valence-electron chi connectivity index (χ0n) is 6.05. The van der Waals surface area contributed by atoms with Gasteiger partial charge >= 0.3 is 0 Å². The number of rotatable bonds is 2. The maximum Gasteiger partial charge on any atom is 0.229 e. The smallest absolute Gasteiger partial charge is 0.229 e. The van der Waals surface area contributed by atoms with Gasteiger partial charge in [-0.3, -0.25) is 0 Å². The Bertz CT molecular complexity index is 418. The number of hydrogen-bond acceptors (Lipinski definition) is 3. The molecular weight excluding hydrogens is 258 g/mol. The summed E-state index contributed by atoms with van der Waals surface area (Å²) in [6, 6.07) is 0. The van der Waals surface area contributed by atoms with E-state index >= 15 is 0 Å². The molecule has 1 heterocycles. The average Bonchev–Trinajstić information content (AvgIpc) is 2.21. The van der Waals surface area contributed by atoms with Crippen molar-refractivity contribution in [2.24, 2.45) is 0 Å². The Morgan fingerprint density at radius 1 is 1.15 bits per heavy atom. The molecule has 0 aliphatic carbocycles. The molecule has 0 atom stereocenters. The molecule has 3 nitrogen and oxygen atoms in total. The maximum absolute atomic E-state index is 11.2. The molecule has 7 heteroatoms. The normalized spacial score (nSPS) is 21.2. The zero-order chi connectivity index (χ0) is 10.2. The van der Waals surface area contributed by atoms with Crippen LogP contribution in [0.4, 0.5) is 0 Å². The highest BCUT2D eigenvalue weighted by Gasteiger charge is 2.35. The van der Waals surface area contributed by atoms with Crippen molar-refractivity contribution in [1.82, 2.24) is 0 Å². The molecule has 0 saturated carbocycles. The Labute approximate surface area is 89.9 Å². The molecule has 0 fully saturated rings. The number of carbonyl (C=O) groups is 1. The monoisotopic (exact) mass is 260 g/mol. The summed E-state index contributed by atoms with van der Waals surface area (Å²) in [4.78, 5) is 10.2. The molecule has 1 aliphatic heterocycles. The van der Waals surface area contributed by atoms with Crippen molar-refractivity contribution < 1.29 is 13.2 Å². The first-order valence-electron chi connectivity index (χ1n) is 3.06. The minimum absolute atomic E-state index is 0.0586. The maximum atomic E-state index is 11.2. The fourth-order valence-corrected chi connectivity index (χ4v) is 3.29. The van der Waals surface area contributed by atoms with Gasteiger partial charge in [-0.2, -0.15) is 0 Å². The Hall–Kier alpha value is -0.0300. The summed E-state index contributed by atoms with van der Waals surface area (Å²) in [5.74, 6) is 0. The number of halogens is 3. The van der Waals surface area contributed by atoms with E-state index in [-0.39, 0.29) is 17.0 Å². The van der Waals surface area contributed by atoms with Crippen LogP contribution in [0.5, 0.6) is 0 Å². The second kappa shape index (κ2) is 3.61. The third-order valence-corrected chi connectivity index (χ3v) is 5.09. The minimum Gasteiger partial charge on any atom is -0.303 e. The molecule has 0 unspecified atom stereocenters. The summed E-state index contributed by atoms with van der Waals surface area (Å²) in [6.07, 6.45) is 0.345. The summed E-state index contributed by atoms with van der Waals surface area (Å²) >= 11 is 16.4. The van der Waals surface area contributed by atoms with Crippen molar-refractivity contribution in [1.29, 1.82) is 0 Å². The van der Waals surface area contributed by atoms with Crippen LogP contribution in [0.15, 0.2) is 19.3 Å². The van der Waals surface area contributed by atoms with E-state index in [0.29, 0.717) is 6.29 Å². The predicted molar refractivity (Wildman–Crippen MR) is 51.2 cm³/mol. The first kappa shape index (κ1) is 11.0. The van der Waals surface area contributed by atoms with Crippen molar-refractivity contribution in [3.8, 4) is 0 Å². The fraction of sp³-hybridized carbons (Fsp3) is 0.167. The molecule has 13 heavy (non-hydrogen) atoms. The Kier molecular flexibility index (Phi) is 3.07. The van der Waals surface area contributed by atoms with Crippen LogP contribution in [0.1, 0.15) is 6.42 Å². The highest BCUT2D eigenvalue weighted by molar-refractivity contribution is 8.02. The van der Waals surface area contributed by atoms with Crippen LogP contribution in [0.2, 0.25) is 0 Å². The first-order chi connectivity index (χ1) is 5.92. The molecule has 1 rings (SSSR count). The molecule has 0 aromatic rings. The number of hydrogen-bond donors (Lipinski definition) is 0. The molecule has 0 aromatic heterocycles. The third-order valence-electron chi connectivity index (χ3n) is 1.43. The second-order valence-electron chi connectivity index (χ2n) is 2.21. The van der Waals surface area contributed by atoms with E-state index in [4.69, 9.17) is 34.8 Å². The van der Waals surface area contributed by atoms with E-state index in [1.807, 2.05) is 0 Å². The van der Waals surface area contributed by atoms with Crippen molar-refractivity contribution >= 4 is 50.9 Å². The summed E-state index contributed by atoms with van der Waals surface area (Å²) in [6.45, 7) is 0. The highest BCUT2D eigenvalue weighted by atomic mass is 35.5. The minimum atomic E-state index is -3.82. The standard InChI is InChI=1S/C6H3Cl3O3S/c7-4-3(1-2-10)5(8)13(11,12)6(4)9/h2H,1H2. The zero-order valence-corrected chi connectivity index (χ0v) is 9.14. The van der Waals surface area contributed by atoms with Gasteiger partial charge in [0.15, 0.2) is 4.36 Å². The Balaban J connectivity index is 3.38. The van der Waals surface area contributed by atoms with Crippen LogP contribution in [0, 0.1) is 0 Å². The van der Waals surface area contributed by atoms with Gasteiger partial charge in [-0.15, -0.1) is 0 Å². The summed E-state index contributed by atoms with van der Waals surface area (Å²) < 4.78 is 21.4. The lowest BCUT2D eigenvalue weighted by Crippen LogP contribution is -1.94. The highest BCUT2D eigenvalue weighted by Crippen LogP contribution is 2.42. The molecule has 0 N–H and O–H groups in total. The summed E-state index contributed by atoms with van der Waals surface area (Å²) in [7, 11) is -3.82. The van der Waals surface area contributed by atoms with Gasteiger partial charge in [0.05, 0.1) is 5.03 Å².